The molecule has 0 aromatic heterocycles. The Bertz CT molecular complexity index is 969. The summed E-state index contributed by atoms with van der Waals surface area (Å²) in [5.41, 5.74) is -3.84. The van der Waals surface area contributed by atoms with Gasteiger partial charge in [0.05, 0.1) is 35.3 Å². The lowest BCUT2D eigenvalue weighted by Crippen LogP contribution is -2.28. The highest BCUT2D eigenvalue weighted by molar-refractivity contribution is 6.34. The van der Waals surface area contributed by atoms with Crippen molar-refractivity contribution in [1.82, 2.24) is 0 Å². The average molecular weight is 433 g/mol. The average Bonchev–Trinajstić information content (AvgIpc) is 2.87. The van der Waals surface area contributed by atoms with Gasteiger partial charge in [0.25, 0.3) is 5.69 Å². The molecule has 2 rings (SSSR count). The van der Waals surface area contributed by atoms with E-state index in [1.54, 1.807) is 0 Å². The second-order valence-corrected chi connectivity index (χ2v) is 5.80. The topological polar surface area (TPSA) is 99.0 Å². The van der Waals surface area contributed by atoms with Gasteiger partial charge in [0, 0.05) is 12.3 Å². The Labute approximate surface area is 166 Å². The van der Waals surface area contributed by atoms with Gasteiger partial charge in [0.2, 0.25) is 0 Å². The van der Waals surface area contributed by atoms with E-state index in [4.69, 9.17) is 11.6 Å². The number of rotatable bonds is 4. The molecule has 12 heteroatoms. The number of hydrogen-bond acceptors (Lipinski definition) is 7. The van der Waals surface area contributed by atoms with Crippen molar-refractivity contribution in [3.05, 3.63) is 68.5 Å². The van der Waals surface area contributed by atoms with Crippen LogP contribution in [0.2, 0.25) is 5.02 Å². The normalized spacial score (nSPS) is 13.9. The first-order valence-electron chi connectivity index (χ1n) is 7.63. The predicted molar refractivity (Wildman–Crippen MR) is 94.9 cm³/mol. The van der Waals surface area contributed by atoms with E-state index in [0.29, 0.717) is 6.07 Å². The highest BCUT2D eigenvalue weighted by Gasteiger charge is 2.38. The Hall–Kier alpha value is -3.34. The quantitative estimate of drug-likeness (QED) is 0.406. The number of carbonyl (C=O) groups is 2. The highest BCUT2D eigenvalue weighted by Crippen LogP contribution is 2.43. The Morgan fingerprint density at radius 1 is 1.14 bits per heavy atom. The number of benzene rings is 1. The predicted octanol–water partition coefficient (Wildman–Crippen LogP) is 3.76. The number of esters is 2. The lowest BCUT2D eigenvalue weighted by molar-refractivity contribution is -0.384. The van der Waals surface area contributed by atoms with E-state index in [0.717, 1.165) is 25.3 Å². The Kier molecular flexibility index (Phi) is 6.32. The van der Waals surface area contributed by atoms with Gasteiger partial charge in [-0.25, -0.2) is 9.59 Å². The lowest BCUT2D eigenvalue weighted by atomic mass is 10.1. The van der Waals surface area contributed by atoms with Gasteiger partial charge in [-0.1, -0.05) is 17.7 Å². The molecule has 0 radical (unpaired) electrons. The molecule has 0 atom stereocenters. The van der Waals surface area contributed by atoms with Gasteiger partial charge in [-0.2, -0.15) is 13.2 Å². The summed E-state index contributed by atoms with van der Waals surface area (Å²) in [7, 11) is 2.03. The molecule has 1 heterocycles. The smallest absolute Gasteiger partial charge is 0.416 e. The van der Waals surface area contributed by atoms with E-state index in [2.05, 4.69) is 9.47 Å². The van der Waals surface area contributed by atoms with Crippen LogP contribution in [0, 0.1) is 10.1 Å². The Morgan fingerprint density at radius 3 is 2.28 bits per heavy atom. The van der Waals surface area contributed by atoms with Crippen LogP contribution in [0.5, 0.6) is 0 Å². The zero-order chi connectivity index (χ0) is 21.9. The molecule has 0 aliphatic carbocycles. The minimum atomic E-state index is -4.90. The van der Waals surface area contributed by atoms with Crippen molar-refractivity contribution in [2.45, 2.75) is 6.18 Å². The number of carbonyl (C=O) groups excluding carboxylic acids is 2. The van der Waals surface area contributed by atoms with E-state index >= 15 is 0 Å². The number of nitrogens with zero attached hydrogens (tertiary/aromatic N) is 2. The van der Waals surface area contributed by atoms with Crippen LogP contribution in [0.25, 0.3) is 0 Å². The molecule has 0 amide bonds. The SMILES string of the molecule is COC(=O)C1=C(C(=O)OC)N(c2c(Cl)cc(C(F)(F)F)cc2[N+](=O)[O-])C=CC=C1. The van der Waals surface area contributed by atoms with E-state index in [9.17, 15) is 32.9 Å². The maximum absolute atomic E-state index is 13.1. The molecule has 0 saturated carbocycles. The van der Waals surface area contributed by atoms with Gasteiger partial charge in [-0.05, 0) is 18.2 Å². The fourth-order valence-corrected chi connectivity index (χ4v) is 2.77. The van der Waals surface area contributed by atoms with Crippen LogP contribution < -0.4 is 4.90 Å². The third kappa shape index (κ3) is 4.40. The van der Waals surface area contributed by atoms with E-state index < -0.39 is 50.7 Å². The number of hydrogen-bond donors (Lipinski definition) is 0. The molecular weight excluding hydrogens is 421 g/mol. The maximum Gasteiger partial charge on any atom is 0.416 e. The molecule has 154 valence electrons. The minimum absolute atomic E-state index is 0.278. The summed E-state index contributed by atoms with van der Waals surface area (Å²) < 4.78 is 48.4. The fraction of sp³-hybridized carbons (Fsp3) is 0.176. The van der Waals surface area contributed by atoms with Crippen LogP contribution in [-0.4, -0.2) is 31.1 Å². The van der Waals surface area contributed by atoms with Crippen LogP contribution in [0.1, 0.15) is 5.56 Å². The molecule has 0 bridgehead atoms. The summed E-state index contributed by atoms with van der Waals surface area (Å²) in [4.78, 5) is 35.7. The molecule has 1 aromatic rings. The number of nitro benzene ring substituents is 1. The van der Waals surface area contributed by atoms with E-state index in [1.807, 2.05) is 0 Å². The first-order valence-corrected chi connectivity index (χ1v) is 8.00. The Morgan fingerprint density at radius 2 is 1.76 bits per heavy atom. The minimum Gasteiger partial charge on any atom is -0.465 e. The van der Waals surface area contributed by atoms with Gasteiger partial charge in [0.15, 0.2) is 0 Å². The van der Waals surface area contributed by atoms with Gasteiger partial charge in [-0.15, -0.1) is 0 Å². The van der Waals surface area contributed by atoms with Gasteiger partial charge < -0.3 is 14.4 Å². The largest absolute Gasteiger partial charge is 0.465 e. The molecule has 0 fully saturated rings. The summed E-state index contributed by atoms with van der Waals surface area (Å²) in [6, 6.07) is 0.753. The third-order valence-electron chi connectivity index (χ3n) is 3.70. The molecule has 8 nitrogen and oxygen atoms in total. The second-order valence-electron chi connectivity index (χ2n) is 5.40. The number of allylic oxidation sites excluding steroid dienone is 2. The van der Waals surface area contributed by atoms with Crippen LogP contribution >= 0.6 is 11.6 Å². The zero-order valence-corrected chi connectivity index (χ0v) is 15.6. The van der Waals surface area contributed by atoms with Crippen molar-refractivity contribution in [3.63, 3.8) is 0 Å². The van der Waals surface area contributed by atoms with Crippen molar-refractivity contribution in [2.24, 2.45) is 0 Å². The monoisotopic (exact) mass is 432 g/mol. The molecule has 0 saturated heterocycles. The first-order chi connectivity index (χ1) is 13.5. The summed E-state index contributed by atoms with van der Waals surface area (Å²) in [5, 5.41) is 10.8. The highest BCUT2D eigenvalue weighted by atomic mass is 35.5. The molecular formula is C17H12ClF3N2O6. The first kappa shape index (κ1) is 22.0. The fourth-order valence-electron chi connectivity index (χ4n) is 2.46. The number of methoxy groups -OCH3 is 2. The number of nitro groups is 1. The molecule has 29 heavy (non-hydrogen) atoms. The molecule has 1 aliphatic heterocycles. The van der Waals surface area contributed by atoms with Crippen LogP contribution in [-0.2, 0) is 25.2 Å². The number of ether oxygens (including phenoxy) is 2. The van der Waals surface area contributed by atoms with E-state index in [1.165, 1.54) is 18.2 Å². The van der Waals surface area contributed by atoms with Crippen LogP contribution in [0.4, 0.5) is 24.5 Å². The summed E-state index contributed by atoms with van der Waals surface area (Å²) in [6.07, 6.45) is -0.00446. The second kappa shape index (κ2) is 8.35. The van der Waals surface area contributed by atoms with Crippen LogP contribution in [0.15, 0.2) is 47.8 Å². The van der Waals surface area contributed by atoms with Crippen molar-refractivity contribution in [3.8, 4) is 0 Å². The Balaban J connectivity index is 2.88. The zero-order valence-electron chi connectivity index (χ0n) is 14.8. The van der Waals surface area contributed by atoms with Crippen LogP contribution in [0.3, 0.4) is 0 Å². The van der Waals surface area contributed by atoms with Crippen molar-refractivity contribution in [1.29, 1.82) is 0 Å². The number of halogens is 4. The molecule has 1 aliphatic rings. The lowest BCUT2D eigenvalue weighted by Gasteiger charge is -2.24. The van der Waals surface area contributed by atoms with Crippen molar-refractivity contribution in [2.75, 3.05) is 19.1 Å². The molecule has 1 aromatic carbocycles. The maximum atomic E-state index is 13.1. The number of alkyl halides is 3. The third-order valence-corrected chi connectivity index (χ3v) is 3.99. The van der Waals surface area contributed by atoms with Gasteiger partial charge >= 0.3 is 18.1 Å². The van der Waals surface area contributed by atoms with Crippen molar-refractivity contribution < 1.29 is 37.2 Å². The van der Waals surface area contributed by atoms with Gasteiger partial charge in [0.1, 0.15) is 11.4 Å². The molecule has 0 unspecified atom stereocenters. The molecule has 0 N–H and O–H groups in total. The van der Waals surface area contributed by atoms with E-state index in [-0.39, 0.29) is 11.6 Å². The van der Waals surface area contributed by atoms with Crippen molar-refractivity contribution >= 4 is 34.9 Å². The van der Waals surface area contributed by atoms with Gasteiger partial charge in [-0.3, -0.25) is 10.1 Å². The summed E-state index contributed by atoms with van der Waals surface area (Å²) in [5.74, 6) is -2.09. The molecule has 0 spiro atoms. The number of anilines is 1. The summed E-state index contributed by atoms with van der Waals surface area (Å²) in [6.45, 7) is 0. The summed E-state index contributed by atoms with van der Waals surface area (Å²) >= 11 is 5.95. The standard InChI is InChI=1S/C17H12ClF3N2O6/c1-28-15(24)10-5-3-4-6-22(13(10)16(25)29-2)14-11(18)7-9(17(19,20)21)8-12(14)23(26)27/h3-8H,1-2H3.